The first-order valence-electron chi connectivity index (χ1n) is 8.70. The second-order valence-corrected chi connectivity index (χ2v) is 6.50. The molecule has 3 aromatic rings. The molecular formula is C20H19N5O4. The monoisotopic (exact) mass is 393 g/mol. The van der Waals surface area contributed by atoms with Gasteiger partial charge in [-0.3, -0.25) is 15.5 Å². The summed E-state index contributed by atoms with van der Waals surface area (Å²) in [6.07, 6.45) is 2.80. The largest absolute Gasteiger partial charge is 0.478 e. The van der Waals surface area contributed by atoms with E-state index < -0.39 is 10.9 Å². The zero-order valence-electron chi connectivity index (χ0n) is 16.1. The van der Waals surface area contributed by atoms with E-state index in [2.05, 4.69) is 15.5 Å². The van der Waals surface area contributed by atoms with Crippen LogP contribution in [-0.4, -0.2) is 31.8 Å². The maximum atomic E-state index is 11.2. The van der Waals surface area contributed by atoms with Gasteiger partial charge < -0.3 is 9.67 Å². The number of aryl methyl sites for hydroxylation is 2. The van der Waals surface area contributed by atoms with E-state index in [9.17, 15) is 14.9 Å². The molecule has 0 aliphatic rings. The third-order valence-electron chi connectivity index (χ3n) is 4.50. The van der Waals surface area contributed by atoms with Gasteiger partial charge in [-0.2, -0.15) is 5.10 Å². The Morgan fingerprint density at radius 3 is 2.59 bits per heavy atom. The van der Waals surface area contributed by atoms with E-state index in [0.717, 1.165) is 34.4 Å². The predicted molar refractivity (Wildman–Crippen MR) is 109 cm³/mol. The summed E-state index contributed by atoms with van der Waals surface area (Å²) in [7, 11) is 0. The highest BCUT2D eigenvalue weighted by Gasteiger charge is 2.13. The molecule has 3 rings (SSSR count). The van der Waals surface area contributed by atoms with Crippen molar-refractivity contribution in [3.63, 3.8) is 0 Å². The van der Waals surface area contributed by atoms with Crippen molar-refractivity contribution in [2.24, 2.45) is 5.10 Å². The number of carboxylic acid groups (broad SMARTS) is 1. The lowest BCUT2D eigenvalue weighted by atomic mass is 10.1. The second-order valence-electron chi connectivity index (χ2n) is 6.50. The lowest BCUT2D eigenvalue weighted by Crippen LogP contribution is -2.04. The van der Waals surface area contributed by atoms with Crippen LogP contribution in [-0.2, 0) is 0 Å². The topological polar surface area (TPSA) is 123 Å². The van der Waals surface area contributed by atoms with Crippen LogP contribution in [0.25, 0.3) is 5.69 Å². The molecule has 0 saturated carbocycles. The van der Waals surface area contributed by atoms with Crippen LogP contribution in [0.1, 0.15) is 32.9 Å². The molecule has 1 aromatic carbocycles. The number of nitrogens with one attached hydrogen (secondary N) is 1. The third kappa shape index (κ3) is 4.13. The van der Waals surface area contributed by atoms with Gasteiger partial charge in [0, 0.05) is 28.7 Å². The van der Waals surface area contributed by atoms with Crippen LogP contribution in [0.15, 0.2) is 47.7 Å². The fourth-order valence-corrected chi connectivity index (χ4v) is 3.06. The van der Waals surface area contributed by atoms with E-state index in [1.807, 2.05) is 31.4 Å². The molecule has 0 saturated heterocycles. The van der Waals surface area contributed by atoms with Crippen LogP contribution in [0, 0.1) is 30.9 Å². The molecule has 2 heterocycles. The molecule has 0 aliphatic carbocycles. The molecule has 0 fully saturated rings. The van der Waals surface area contributed by atoms with Gasteiger partial charge in [-0.25, -0.2) is 9.78 Å². The van der Waals surface area contributed by atoms with Crippen molar-refractivity contribution in [1.82, 2.24) is 9.55 Å². The van der Waals surface area contributed by atoms with Gasteiger partial charge in [0.05, 0.1) is 16.7 Å². The summed E-state index contributed by atoms with van der Waals surface area (Å²) < 4.78 is 2.03. The number of hydrazone groups is 1. The number of hydrogen-bond donors (Lipinski definition) is 2. The summed E-state index contributed by atoms with van der Waals surface area (Å²) in [5.41, 5.74) is 7.44. The van der Waals surface area contributed by atoms with E-state index in [1.54, 1.807) is 24.4 Å². The third-order valence-corrected chi connectivity index (χ3v) is 4.50. The van der Waals surface area contributed by atoms with E-state index >= 15 is 0 Å². The highest BCUT2D eigenvalue weighted by Crippen LogP contribution is 2.23. The van der Waals surface area contributed by atoms with Gasteiger partial charge in [0.1, 0.15) is 12.0 Å². The number of carbonyl (C=O) groups is 1. The molecular weight excluding hydrogens is 374 g/mol. The maximum absolute atomic E-state index is 11.2. The molecule has 0 unspecified atom stereocenters. The number of hydrogen-bond acceptors (Lipinski definition) is 6. The van der Waals surface area contributed by atoms with Crippen LogP contribution >= 0.6 is 0 Å². The van der Waals surface area contributed by atoms with E-state index in [-0.39, 0.29) is 11.3 Å². The minimum absolute atomic E-state index is 0.0904. The van der Waals surface area contributed by atoms with Gasteiger partial charge in [-0.05, 0) is 56.7 Å². The highest BCUT2D eigenvalue weighted by molar-refractivity contribution is 5.88. The molecule has 2 aromatic heterocycles. The molecule has 0 amide bonds. The maximum Gasteiger partial charge on any atom is 0.335 e. The number of anilines is 1. The lowest BCUT2D eigenvalue weighted by molar-refractivity contribution is -0.385. The Morgan fingerprint density at radius 1 is 1.24 bits per heavy atom. The quantitative estimate of drug-likeness (QED) is 0.372. The summed E-state index contributed by atoms with van der Waals surface area (Å²) in [5.74, 6) is -0.569. The van der Waals surface area contributed by atoms with Crippen LogP contribution in [0.2, 0.25) is 0 Å². The van der Waals surface area contributed by atoms with Crippen molar-refractivity contribution in [1.29, 1.82) is 0 Å². The molecule has 0 atom stereocenters. The average molecular weight is 393 g/mol. The fourth-order valence-electron chi connectivity index (χ4n) is 3.06. The van der Waals surface area contributed by atoms with Gasteiger partial charge in [0.15, 0.2) is 0 Å². The number of nitrogens with zero attached hydrogens (tertiary/aromatic N) is 4. The Bertz CT molecular complexity index is 1120. The number of pyridine rings is 1. The molecule has 0 radical (unpaired) electrons. The minimum atomic E-state index is -0.959. The number of carboxylic acids is 1. The predicted octanol–water partition coefficient (Wildman–Crippen LogP) is 3.85. The second kappa shape index (κ2) is 7.93. The van der Waals surface area contributed by atoms with E-state index in [1.165, 1.54) is 12.1 Å². The summed E-state index contributed by atoms with van der Waals surface area (Å²) in [5, 5.41) is 24.0. The van der Waals surface area contributed by atoms with Gasteiger partial charge in [0.25, 0.3) is 5.69 Å². The smallest absolute Gasteiger partial charge is 0.335 e. The number of rotatable bonds is 6. The molecule has 9 nitrogen and oxygen atoms in total. The Hall–Kier alpha value is -4.01. The van der Waals surface area contributed by atoms with Crippen molar-refractivity contribution in [2.75, 3.05) is 5.43 Å². The van der Waals surface area contributed by atoms with Crippen LogP contribution in [0.4, 0.5) is 11.5 Å². The average Bonchev–Trinajstić information content (AvgIpc) is 2.95. The molecule has 9 heteroatoms. The zero-order chi connectivity index (χ0) is 21.1. The zero-order valence-corrected chi connectivity index (χ0v) is 16.1. The van der Waals surface area contributed by atoms with Crippen LogP contribution in [0.3, 0.4) is 0 Å². The Kier molecular flexibility index (Phi) is 5.40. The summed E-state index contributed by atoms with van der Waals surface area (Å²) in [4.78, 5) is 25.2. The first-order valence-corrected chi connectivity index (χ1v) is 8.70. The normalized spacial score (nSPS) is 11.0. The van der Waals surface area contributed by atoms with Gasteiger partial charge >= 0.3 is 5.97 Å². The van der Waals surface area contributed by atoms with Gasteiger partial charge in [-0.1, -0.05) is 0 Å². The Labute approximate surface area is 166 Å². The minimum Gasteiger partial charge on any atom is -0.478 e. The Balaban J connectivity index is 1.83. The Morgan fingerprint density at radius 2 is 2.00 bits per heavy atom. The number of aromatic nitrogens is 2. The summed E-state index contributed by atoms with van der Waals surface area (Å²) >= 11 is 0. The highest BCUT2D eigenvalue weighted by atomic mass is 16.6. The fraction of sp³-hybridized carbons (Fsp3) is 0.150. The SMILES string of the molecule is Cc1cc(C(=O)O)ccc1-n1c(C)cc(/C=N/Nc2ccc([N+](=O)[O-])cn2)c1C. The standard InChI is InChI=1S/C20H19N5O4/c1-12-8-15(20(26)27)4-6-18(12)24-13(2)9-16(14(24)3)10-22-23-19-7-5-17(11-21-19)25(28)29/h4-11H,1-3H3,(H,21,23)(H,26,27)/b22-10+. The molecule has 0 spiro atoms. The molecule has 0 bridgehead atoms. The number of aromatic carboxylic acids is 1. The van der Waals surface area contributed by atoms with Crippen LogP contribution in [0.5, 0.6) is 0 Å². The van der Waals surface area contributed by atoms with Crippen molar-refractivity contribution in [3.8, 4) is 5.69 Å². The molecule has 29 heavy (non-hydrogen) atoms. The first-order chi connectivity index (χ1) is 13.8. The lowest BCUT2D eigenvalue weighted by Gasteiger charge is -2.13. The van der Waals surface area contributed by atoms with Crippen molar-refractivity contribution in [3.05, 3.63) is 80.8 Å². The number of benzene rings is 1. The van der Waals surface area contributed by atoms with Gasteiger partial charge in [-0.15, -0.1) is 0 Å². The van der Waals surface area contributed by atoms with Crippen LogP contribution < -0.4 is 5.43 Å². The summed E-state index contributed by atoms with van der Waals surface area (Å²) in [6.45, 7) is 5.78. The molecule has 2 N–H and O–H groups in total. The van der Waals surface area contributed by atoms with Crippen molar-refractivity contribution < 1.29 is 14.8 Å². The first kappa shape index (κ1) is 19.7. The molecule has 0 aliphatic heterocycles. The van der Waals surface area contributed by atoms with Crippen molar-refractivity contribution >= 4 is 23.7 Å². The van der Waals surface area contributed by atoms with E-state index in [0.29, 0.717) is 5.82 Å². The number of nitro groups is 1. The van der Waals surface area contributed by atoms with E-state index in [4.69, 9.17) is 5.11 Å². The molecule has 148 valence electrons. The summed E-state index contributed by atoms with van der Waals surface area (Å²) in [6, 6.07) is 9.81. The van der Waals surface area contributed by atoms with Gasteiger partial charge in [0.2, 0.25) is 0 Å². The van der Waals surface area contributed by atoms with Crippen molar-refractivity contribution in [2.45, 2.75) is 20.8 Å².